The van der Waals surface area contributed by atoms with Crippen molar-refractivity contribution < 1.29 is 9.53 Å². The summed E-state index contributed by atoms with van der Waals surface area (Å²) < 4.78 is 5.48. The van der Waals surface area contributed by atoms with E-state index in [0.717, 1.165) is 27.3 Å². The minimum Gasteiger partial charge on any atom is -0.454 e. The molecule has 4 aromatic rings. The van der Waals surface area contributed by atoms with Crippen LogP contribution in [0.2, 0.25) is 0 Å². The third-order valence-electron chi connectivity index (χ3n) is 5.45. The number of hydrogen-bond acceptors (Lipinski definition) is 6. The monoisotopic (exact) mass is 433 g/mol. The highest BCUT2D eigenvalue weighted by atomic mass is 32.1. The van der Waals surface area contributed by atoms with Gasteiger partial charge in [0, 0.05) is 10.6 Å². The maximum Gasteiger partial charge on any atom is 0.340 e. The minimum absolute atomic E-state index is 0.113. The molecule has 0 saturated heterocycles. The van der Waals surface area contributed by atoms with Gasteiger partial charge in [-0.1, -0.05) is 24.3 Å². The van der Waals surface area contributed by atoms with Crippen LogP contribution in [0, 0.1) is 27.7 Å². The van der Waals surface area contributed by atoms with Crippen molar-refractivity contribution in [1.82, 2.24) is 9.97 Å². The number of ether oxygens (including phenoxy) is 1. The van der Waals surface area contributed by atoms with Crippen LogP contribution < -0.4 is 10.9 Å². The number of hydrogen-bond donors (Lipinski definition) is 2. The number of carbonyl (C=O) groups is 1. The zero-order chi connectivity index (χ0) is 22.1. The highest BCUT2D eigenvalue weighted by molar-refractivity contribution is 7.18. The molecule has 7 heteroatoms. The number of thiophene rings is 1. The third kappa shape index (κ3) is 4.09. The van der Waals surface area contributed by atoms with Crippen molar-refractivity contribution in [3.63, 3.8) is 0 Å². The number of benzene rings is 2. The predicted molar refractivity (Wildman–Crippen MR) is 124 cm³/mol. The number of para-hydroxylation sites is 1. The summed E-state index contributed by atoms with van der Waals surface area (Å²) in [6, 6.07) is 13.2. The Hall–Kier alpha value is -3.45. The van der Waals surface area contributed by atoms with Gasteiger partial charge in [0.05, 0.1) is 16.6 Å². The number of rotatable bonds is 5. The SMILES string of the molecule is Cc1cccc(Nc2ccccc2C(=O)OCc2nc3sc(C)c(C)c3c(=O)[nH]2)c1C. The quantitative estimate of drug-likeness (QED) is 0.416. The summed E-state index contributed by atoms with van der Waals surface area (Å²) in [5.74, 6) is -0.165. The van der Waals surface area contributed by atoms with Gasteiger partial charge < -0.3 is 15.0 Å². The van der Waals surface area contributed by atoms with Crippen LogP contribution in [0.25, 0.3) is 10.2 Å². The molecule has 6 nitrogen and oxygen atoms in total. The molecule has 158 valence electrons. The third-order valence-corrected chi connectivity index (χ3v) is 6.55. The molecule has 0 bridgehead atoms. The fraction of sp³-hybridized carbons (Fsp3) is 0.208. The van der Waals surface area contributed by atoms with E-state index in [2.05, 4.69) is 15.3 Å². The highest BCUT2D eigenvalue weighted by Gasteiger charge is 2.16. The molecular formula is C24H23N3O3S. The van der Waals surface area contributed by atoms with Crippen LogP contribution in [0.3, 0.4) is 0 Å². The molecule has 0 amide bonds. The van der Waals surface area contributed by atoms with Crippen LogP contribution in [0.4, 0.5) is 11.4 Å². The lowest BCUT2D eigenvalue weighted by Crippen LogP contribution is -2.15. The first-order valence-electron chi connectivity index (χ1n) is 9.93. The first kappa shape index (κ1) is 20.8. The number of nitrogens with zero attached hydrogens (tertiary/aromatic N) is 1. The fourth-order valence-corrected chi connectivity index (χ4v) is 4.43. The zero-order valence-corrected chi connectivity index (χ0v) is 18.6. The van der Waals surface area contributed by atoms with Crippen molar-refractivity contribution >= 4 is 38.9 Å². The van der Waals surface area contributed by atoms with Crippen LogP contribution in [0.1, 0.15) is 37.7 Å². The summed E-state index contributed by atoms with van der Waals surface area (Å²) in [6.45, 7) is 7.83. The Morgan fingerprint density at radius 2 is 1.77 bits per heavy atom. The van der Waals surface area contributed by atoms with Crippen molar-refractivity contribution in [2.45, 2.75) is 34.3 Å². The van der Waals surface area contributed by atoms with Crippen LogP contribution in [0.5, 0.6) is 0 Å². The predicted octanol–water partition coefficient (Wildman–Crippen LogP) is 5.32. The summed E-state index contributed by atoms with van der Waals surface area (Å²) >= 11 is 1.46. The second-order valence-electron chi connectivity index (χ2n) is 7.47. The Morgan fingerprint density at radius 3 is 2.58 bits per heavy atom. The van der Waals surface area contributed by atoms with Crippen molar-refractivity contribution in [3.05, 3.63) is 85.8 Å². The number of nitrogens with one attached hydrogen (secondary N) is 2. The number of aryl methyl sites for hydroxylation is 3. The molecule has 0 aliphatic rings. The Bertz CT molecular complexity index is 1350. The Morgan fingerprint density at radius 1 is 1.03 bits per heavy atom. The molecule has 0 aliphatic carbocycles. The van der Waals surface area contributed by atoms with Crippen LogP contribution in [0.15, 0.2) is 47.3 Å². The molecule has 0 radical (unpaired) electrons. The van der Waals surface area contributed by atoms with E-state index >= 15 is 0 Å². The van der Waals surface area contributed by atoms with E-state index in [1.807, 2.05) is 58.0 Å². The van der Waals surface area contributed by atoms with Crippen LogP contribution in [-0.2, 0) is 11.3 Å². The summed E-state index contributed by atoms with van der Waals surface area (Å²) in [5, 5.41) is 3.93. The first-order chi connectivity index (χ1) is 14.8. The van der Waals surface area contributed by atoms with Gasteiger partial charge in [-0.2, -0.15) is 0 Å². The number of carbonyl (C=O) groups excluding carboxylic acids is 1. The van der Waals surface area contributed by atoms with Gasteiger partial charge in [-0.25, -0.2) is 9.78 Å². The molecule has 0 atom stereocenters. The second kappa shape index (κ2) is 8.35. The second-order valence-corrected chi connectivity index (χ2v) is 8.67. The number of esters is 1. The topological polar surface area (TPSA) is 84.1 Å². The molecule has 2 aromatic heterocycles. The lowest BCUT2D eigenvalue weighted by atomic mass is 10.1. The molecular weight excluding hydrogens is 410 g/mol. The standard InChI is InChI=1S/C24H23N3O3S/c1-13-8-7-11-18(14(13)2)25-19-10-6-5-9-17(19)24(29)30-12-20-26-22(28)21-15(3)16(4)31-23(21)27-20/h5-11,25H,12H2,1-4H3,(H,26,27,28). The van der Waals surface area contributed by atoms with Crippen LogP contribution >= 0.6 is 11.3 Å². The van der Waals surface area contributed by atoms with Crippen molar-refractivity contribution in [3.8, 4) is 0 Å². The van der Waals surface area contributed by atoms with Gasteiger partial charge in [-0.3, -0.25) is 4.79 Å². The van der Waals surface area contributed by atoms with Gasteiger partial charge in [0.25, 0.3) is 5.56 Å². The number of anilines is 2. The van der Waals surface area contributed by atoms with E-state index in [9.17, 15) is 9.59 Å². The van der Waals surface area contributed by atoms with Gasteiger partial charge >= 0.3 is 5.97 Å². The minimum atomic E-state index is -0.491. The van der Waals surface area contributed by atoms with E-state index in [1.54, 1.807) is 12.1 Å². The molecule has 4 rings (SSSR count). The summed E-state index contributed by atoms with van der Waals surface area (Å²) in [5.41, 5.74) is 4.99. The molecule has 2 aromatic carbocycles. The summed E-state index contributed by atoms with van der Waals surface area (Å²) in [7, 11) is 0. The lowest BCUT2D eigenvalue weighted by molar-refractivity contribution is 0.0463. The average molecular weight is 434 g/mol. The lowest BCUT2D eigenvalue weighted by Gasteiger charge is -2.14. The number of aromatic nitrogens is 2. The highest BCUT2D eigenvalue weighted by Crippen LogP contribution is 2.27. The van der Waals surface area contributed by atoms with Crippen molar-refractivity contribution in [2.75, 3.05) is 5.32 Å². The fourth-order valence-electron chi connectivity index (χ4n) is 3.38. The molecule has 0 spiro atoms. The summed E-state index contributed by atoms with van der Waals surface area (Å²) in [6.07, 6.45) is 0. The largest absolute Gasteiger partial charge is 0.454 e. The van der Waals surface area contributed by atoms with E-state index in [1.165, 1.54) is 11.3 Å². The molecule has 0 unspecified atom stereocenters. The zero-order valence-electron chi connectivity index (χ0n) is 17.8. The maximum atomic E-state index is 12.8. The van der Waals surface area contributed by atoms with Crippen molar-refractivity contribution in [1.29, 1.82) is 0 Å². The van der Waals surface area contributed by atoms with E-state index < -0.39 is 5.97 Å². The Kier molecular flexibility index (Phi) is 5.61. The molecule has 2 heterocycles. The maximum absolute atomic E-state index is 12.8. The number of H-pyrrole nitrogens is 1. The molecule has 0 fully saturated rings. The smallest absolute Gasteiger partial charge is 0.340 e. The number of aromatic amines is 1. The van der Waals surface area contributed by atoms with Gasteiger partial charge in [-0.05, 0) is 62.6 Å². The van der Waals surface area contributed by atoms with E-state index in [-0.39, 0.29) is 12.2 Å². The van der Waals surface area contributed by atoms with Gasteiger partial charge in [-0.15, -0.1) is 11.3 Å². The van der Waals surface area contributed by atoms with E-state index in [4.69, 9.17) is 4.74 Å². The Labute approximate surface area is 183 Å². The Balaban J connectivity index is 1.55. The van der Waals surface area contributed by atoms with Gasteiger partial charge in [0.2, 0.25) is 0 Å². The van der Waals surface area contributed by atoms with Crippen molar-refractivity contribution in [2.24, 2.45) is 0 Å². The first-order valence-corrected chi connectivity index (χ1v) is 10.7. The number of fused-ring (bicyclic) bond motifs is 1. The summed E-state index contributed by atoms with van der Waals surface area (Å²) in [4.78, 5) is 34.1. The average Bonchev–Trinajstić information content (AvgIpc) is 3.04. The van der Waals surface area contributed by atoms with Gasteiger partial charge in [0.1, 0.15) is 17.3 Å². The van der Waals surface area contributed by atoms with E-state index in [0.29, 0.717) is 27.3 Å². The van der Waals surface area contributed by atoms with Crippen LogP contribution in [-0.4, -0.2) is 15.9 Å². The normalized spacial score (nSPS) is 11.0. The molecule has 2 N–H and O–H groups in total. The molecule has 31 heavy (non-hydrogen) atoms. The molecule has 0 aliphatic heterocycles. The van der Waals surface area contributed by atoms with Gasteiger partial charge in [0.15, 0.2) is 0 Å². The molecule has 0 saturated carbocycles.